The van der Waals surface area contributed by atoms with Crippen molar-refractivity contribution in [3.05, 3.63) is 59.7 Å². The molecule has 0 aromatic heterocycles. The van der Waals surface area contributed by atoms with E-state index in [0.29, 0.717) is 17.7 Å². The molecule has 0 saturated carbocycles. The molecule has 2 aromatic rings. The van der Waals surface area contributed by atoms with Crippen LogP contribution in [0.2, 0.25) is 0 Å². The summed E-state index contributed by atoms with van der Waals surface area (Å²) < 4.78 is 14.8. The van der Waals surface area contributed by atoms with Crippen molar-refractivity contribution >= 4 is 41.5 Å². The van der Waals surface area contributed by atoms with Gasteiger partial charge in [0.2, 0.25) is 0 Å². The highest BCUT2D eigenvalue weighted by Gasteiger charge is 2.11. The second-order valence-corrected chi connectivity index (χ2v) is 7.04. The van der Waals surface area contributed by atoms with Crippen LogP contribution in [0.15, 0.2) is 48.5 Å². The largest absolute Gasteiger partial charge is 0.508 e. The molecule has 1 saturated heterocycles. The molecule has 2 aromatic carbocycles. The number of hydrogen-bond donors (Lipinski definition) is 1. The lowest BCUT2D eigenvalue weighted by molar-refractivity contribution is 0.0591. The fraction of sp³-hybridized carbons (Fsp3) is 0.364. The number of hydrogen-bond acceptors (Lipinski definition) is 7. The van der Waals surface area contributed by atoms with Gasteiger partial charge in [0.1, 0.15) is 18.1 Å². The lowest BCUT2D eigenvalue weighted by Gasteiger charge is -2.15. The van der Waals surface area contributed by atoms with Gasteiger partial charge in [0.25, 0.3) is 0 Å². The minimum absolute atomic E-state index is 0.0629. The first kappa shape index (κ1) is 28.2. The SMILES string of the molecule is COC(=O)c1cccc(O)c1.COC(=O)c1cccc(OCCN2CCCC2)c1.[B]B([B])[B]. The molecule has 0 unspecified atom stereocenters. The predicted molar refractivity (Wildman–Crippen MR) is 131 cm³/mol. The van der Waals surface area contributed by atoms with Crippen LogP contribution in [0.3, 0.4) is 0 Å². The zero-order valence-electron chi connectivity index (χ0n) is 19.1. The maximum atomic E-state index is 11.4. The van der Waals surface area contributed by atoms with Crippen LogP contribution in [0.5, 0.6) is 11.5 Å². The molecule has 1 aliphatic rings. The van der Waals surface area contributed by atoms with Crippen LogP contribution in [0, 0.1) is 0 Å². The third-order valence-electron chi connectivity index (χ3n) is 4.40. The zero-order valence-corrected chi connectivity index (χ0v) is 19.1. The van der Waals surface area contributed by atoms with E-state index in [9.17, 15) is 9.59 Å². The van der Waals surface area contributed by atoms with Crippen molar-refractivity contribution in [2.45, 2.75) is 12.8 Å². The topological polar surface area (TPSA) is 85.3 Å². The molecule has 6 radical (unpaired) electrons. The predicted octanol–water partition coefficient (Wildman–Crippen LogP) is 1.60. The maximum absolute atomic E-state index is 11.4. The molecule has 11 heteroatoms. The van der Waals surface area contributed by atoms with Gasteiger partial charge in [-0.2, -0.15) is 0 Å². The van der Waals surface area contributed by atoms with E-state index in [1.165, 1.54) is 52.3 Å². The number of ether oxygens (including phenoxy) is 3. The summed E-state index contributed by atoms with van der Waals surface area (Å²) in [5, 5.41) is 8.95. The number of esters is 2. The number of phenols is 1. The number of carbonyl (C=O) groups is 2. The van der Waals surface area contributed by atoms with Gasteiger partial charge in [-0.3, -0.25) is 4.90 Å². The number of nitrogens with zero attached hydrogens (tertiary/aromatic N) is 1. The Bertz CT molecular complexity index is 860. The summed E-state index contributed by atoms with van der Waals surface area (Å²) in [4.78, 5) is 24.6. The number of rotatable bonds is 6. The fourth-order valence-corrected chi connectivity index (χ4v) is 2.88. The Labute approximate surface area is 200 Å². The van der Waals surface area contributed by atoms with Crippen LogP contribution in [-0.4, -0.2) is 92.0 Å². The average molecular weight is 445 g/mol. The summed E-state index contributed by atoms with van der Waals surface area (Å²) in [7, 11) is 16.7. The van der Waals surface area contributed by atoms with Crippen LogP contribution in [0.1, 0.15) is 33.6 Å². The molecule has 3 rings (SSSR count). The Morgan fingerprint density at radius 3 is 1.97 bits per heavy atom. The molecule has 168 valence electrons. The van der Waals surface area contributed by atoms with E-state index in [2.05, 4.69) is 37.6 Å². The van der Waals surface area contributed by atoms with Crippen molar-refractivity contribution in [3.8, 4) is 11.5 Å². The normalized spacial score (nSPS) is 12.3. The Kier molecular flexibility index (Phi) is 13.6. The Morgan fingerprint density at radius 2 is 1.45 bits per heavy atom. The van der Waals surface area contributed by atoms with E-state index in [0.717, 1.165) is 12.3 Å². The number of benzene rings is 2. The quantitative estimate of drug-likeness (QED) is 0.535. The van der Waals surface area contributed by atoms with E-state index in [1.54, 1.807) is 30.3 Å². The maximum Gasteiger partial charge on any atom is 0.337 e. The molecule has 1 fully saturated rings. The molecular formula is C22H27B4NO6. The summed E-state index contributed by atoms with van der Waals surface area (Å²) in [6.07, 6.45) is 1.91. The lowest BCUT2D eigenvalue weighted by atomic mass is 9.08. The minimum atomic E-state index is -0.667. The molecule has 1 heterocycles. The number of aromatic hydroxyl groups is 1. The first-order valence-electron chi connectivity index (χ1n) is 10.4. The average Bonchev–Trinajstić information content (AvgIpc) is 3.32. The van der Waals surface area contributed by atoms with Gasteiger partial charge in [0.05, 0.1) is 25.3 Å². The molecule has 0 aliphatic carbocycles. The van der Waals surface area contributed by atoms with Crippen molar-refractivity contribution in [2.75, 3.05) is 40.5 Å². The summed E-state index contributed by atoms with van der Waals surface area (Å²) in [5.41, 5.74) is 0.878. The van der Waals surface area contributed by atoms with Gasteiger partial charge >= 0.3 is 11.9 Å². The zero-order chi connectivity index (χ0) is 24.6. The number of likely N-dealkylation sites (tertiary alicyclic amines) is 1. The highest BCUT2D eigenvalue weighted by molar-refractivity contribution is 7.49. The van der Waals surface area contributed by atoms with E-state index >= 15 is 0 Å². The lowest BCUT2D eigenvalue weighted by Crippen LogP contribution is -2.25. The van der Waals surface area contributed by atoms with Crippen LogP contribution in [0.25, 0.3) is 0 Å². The van der Waals surface area contributed by atoms with Crippen molar-refractivity contribution in [1.29, 1.82) is 0 Å². The van der Waals surface area contributed by atoms with Crippen molar-refractivity contribution in [3.63, 3.8) is 0 Å². The van der Waals surface area contributed by atoms with Gasteiger partial charge in [-0.05, 0) is 62.3 Å². The monoisotopic (exact) mass is 445 g/mol. The first-order valence-corrected chi connectivity index (χ1v) is 10.4. The number of methoxy groups -OCH3 is 2. The second-order valence-electron chi connectivity index (χ2n) is 7.04. The summed E-state index contributed by atoms with van der Waals surface area (Å²) in [6.45, 7) is 3.95. The second kappa shape index (κ2) is 15.9. The highest BCUT2D eigenvalue weighted by Crippen LogP contribution is 2.15. The molecule has 33 heavy (non-hydrogen) atoms. The van der Waals surface area contributed by atoms with Gasteiger partial charge in [0, 0.05) is 36.1 Å². The van der Waals surface area contributed by atoms with Crippen molar-refractivity contribution in [2.24, 2.45) is 0 Å². The number of carbonyl (C=O) groups excluding carboxylic acids is 2. The molecule has 1 aliphatic heterocycles. The third kappa shape index (κ3) is 12.1. The highest BCUT2D eigenvalue weighted by atomic mass is 16.5. The summed E-state index contributed by atoms with van der Waals surface area (Å²) in [6, 6.07) is 13.1. The molecule has 0 amide bonds. The Morgan fingerprint density at radius 1 is 0.939 bits per heavy atom. The standard InChI is InChI=1S/C14H19NO3.C8H8O3.B4/c1-17-14(16)12-5-4-6-13(11-12)18-10-9-15-7-2-3-8-15;1-11-8(10)6-3-2-4-7(9)5-6;1-4(2)3/h4-6,11H,2-3,7-10H2,1H3;2-5,9H,1H3;. The smallest absolute Gasteiger partial charge is 0.337 e. The van der Waals surface area contributed by atoms with E-state index in [1.807, 2.05) is 6.07 Å². The van der Waals surface area contributed by atoms with Crippen LogP contribution < -0.4 is 4.74 Å². The van der Waals surface area contributed by atoms with Gasteiger partial charge in [-0.15, -0.1) is 0 Å². The molecule has 0 bridgehead atoms. The molecule has 0 spiro atoms. The molecule has 0 atom stereocenters. The summed E-state index contributed by atoms with van der Waals surface area (Å²) >= 11 is 0. The number of phenolic OH excluding ortho intramolecular Hbond substituents is 1. The van der Waals surface area contributed by atoms with Gasteiger partial charge in [0.15, 0.2) is 0 Å². The molecule has 7 nitrogen and oxygen atoms in total. The van der Waals surface area contributed by atoms with E-state index in [4.69, 9.17) is 9.84 Å². The van der Waals surface area contributed by atoms with Crippen molar-refractivity contribution in [1.82, 2.24) is 4.90 Å². The van der Waals surface area contributed by atoms with E-state index < -0.39 is 12.4 Å². The van der Waals surface area contributed by atoms with E-state index in [-0.39, 0.29) is 11.7 Å². The first-order chi connectivity index (χ1) is 15.8. The van der Waals surface area contributed by atoms with Crippen LogP contribution in [-0.2, 0) is 9.47 Å². The van der Waals surface area contributed by atoms with Crippen LogP contribution >= 0.6 is 0 Å². The van der Waals surface area contributed by atoms with Gasteiger partial charge < -0.3 is 19.3 Å². The Hall–Kier alpha value is -2.80. The van der Waals surface area contributed by atoms with Crippen LogP contribution in [0.4, 0.5) is 0 Å². The van der Waals surface area contributed by atoms with Gasteiger partial charge in [-0.1, -0.05) is 12.1 Å². The molecule has 1 N–H and O–H groups in total. The Balaban J connectivity index is 0.000000309. The minimum Gasteiger partial charge on any atom is -0.508 e. The third-order valence-corrected chi connectivity index (χ3v) is 4.40. The molecular weight excluding hydrogens is 417 g/mol. The van der Waals surface area contributed by atoms with Crippen molar-refractivity contribution < 1.29 is 28.9 Å². The van der Waals surface area contributed by atoms with Gasteiger partial charge in [-0.25, -0.2) is 9.59 Å². The summed E-state index contributed by atoms with van der Waals surface area (Å²) in [5.74, 6) is 0.00545. The fourth-order valence-electron chi connectivity index (χ4n) is 2.88.